The molecule has 0 saturated carbocycles. The fourth-order valence-electron chi connectivity index (χ4n) is 4.75. The van der Waals surface area contributed by atoms with Crippen LogP contribution in [0, 0.1) is 0 Å². The molecule has 0 amide bonds. The normalized spacial score (nSPS) is 18.9. The Balaban J connectivity index is 1.50. The van der Waals surface area contributed by atoms with Crippen molar-refractivity contribution in [1.29, 1.82) is 0 Å². The Kier molecular flexibility index (Phi) is 4.38. The number of fused-ring (bicyclic) bond motifs is 2. The highest BCUT2D eigenvalue weighted by atomic mass is 16.3. The van der Waals surface area contributed by atoms with Crippen LogP contribution >= 0.6 is 0 Å². The molecule has 0 atom stereocenters. The second-order valence-corrected chi connectivity index (χ2v) is 7.93. The van der Waals surface area contributed by atoms with Crippen molar-refractivity contribution in [3.05, 3.63) is 107 Å². The third kappa shape index (κ3) is 2.99. The Morgan fingerprint density at radius 1 is 0.679 bits per heavy atom. The van der Waals surface area contributed by atoms with Gasteiger partial charge in [-0.25, -0.2) is 0 Å². The van der Waals surface area contributed by atoms with Crippen molar-refractivity contribution < 1.29 is 5.11 Å². The third-order valence-corrected chi connectivity index (χ3v) is 6.33. The first-order valence-corrected chi connectivity index (χ1v) is 10.1. The summed E-state index contributed by atoms with van der Waals surface area (Å²) in [5, 5.41) is 11.3. The fourth-order valence-corrected chi connectivity index (χ4v) is 4.75. The number of likely N-dealkylation sites (tertiary alicyclic amines) is 1. The highest BCUT2D eigenvalue weighted by molar-refractivity contribution is 5.76. The molecule has 1 aliphatic heterocycles. The van der Waals surface area contributed by atoms with Crippen LogP contribution in [0.4, 0.5) is 0 Å². The van der Waals surface area contributed by atoms with Gasteiger partial charge in [-0.3, -0.25) is 4.90 Å². The molecule has 1 heterocycles. The average molecular weight is 367 g/mol. The van der Waals surface area contributed by atoms with Crippen LogP contribution in [0.3, 0.4) is 0 Å². The van der Waals surface area contributed by atoms with Crippen LogP contribution in [0.5, 0.6) is 0 Å². The third-order valence-electron chi connectivity index (χ3n) is 6.33. The number of rotatable bonds is 2. The molecule has 2 nitrogen and oxygen atoms in total. The van der Waals surface area contributed by atoms with Crippen LogP contribution in [0.2, 0.25) is 0 Å². The van der Waals surface area contributed by atoms with E-state index in [2.05, 4.69) is 77.7 Å². The highest BCUT2D eigenvalue weighted by Gasteiger charge is 2.37. The van der Waals surface area contributed by atoms with Crippen molar-refractivity contribution >= 4 is 12.2 Å². The minimum absolute atomic E-state index is 0.225. The summed E-state index contributed by atoms with van der Waals surface area (Å²) in [6.45, 7) is 1.75. The summed E-state index contributed by atoms with van der Waals surface area (Å²) in [7, 11) is 0. The minimum Gasteiger partial charge on any atom is -0.385 e. The van der Waals surface area contributed by atoms with Crippen molar-refractivity contribution in [2.75, 3.05) is 13.1 Å². The van der Waals surface area contributed by atoms with Crippen LogP contribution in [-0.4, -0.2) is 23.1 Å². The zero-order valence-electron chi connectivity index (χ0n) is 16.0. The summed E-state index contributed by atoms with van der Waals surface area (Å²) in [6.07, 6.45) is 5.98. The van der Waals surface area contributed by atoms with Crippen molar-refractivity contribution in [1.82, 2.24) is 4.90 Å². The van der Waals surface area contributed by atoms with E-state index in [4.69, 9.17) is 0 Å². The summed E-state index contributed by atoms with van der Waals surface area (Å²) in [5.74, 6) is 0. The molecule has 2 heteroatoms. The Labute approximate surface area is 166 Å². The lowest BCUT2D eigenvalue weighted by Crippen LogP contribution is -2.44. The van der Waals surface area contributed by atoms with Gasteiger partial charge in [-0.2, -0.15) is 0 Å². The Bertz CT molecular complexity index is 950. The van der Waals surface area contributed by atoms with Gasteiger partial charge in [0.25, 0.3) is 0 Å². The van der Waals surface area contributed by atoms with Crippen LogP contribution < -0.4 is 0 Å². The van der Waals surface area contributed by atoms with E-state index in [0.717, 1.165) is 31.5 Å². The smallest absolute Gasteiger partial charge is 0.0920 e. The average Bonchev–Trinajstić information content (AvgIpc) is 2.92. The van der Waals surface area contributed by atoms with E-state index < -0.39 is 5.60 Å². The van der Waals surface area contributed by atoms with Gasteiger partial charge >= 0.3 is 0 Å². The summed E-state index contributed by atoms with van der Waals surface area (Å²) >= 11 is 0. The second kappa shape index (κ2) is 7.05. The molecule has 3 aromatic rings. The van der Waals surface area contributed by atoms with Crippen LogP contribution in [-0.2, 0) is 5.60 Å². The molecule has 3 aromatic carbocycles. The van der Waals surface area contributed by atoms with Gasteiger partial charge in [0, 0.05) is 13.1 Å². The second-order valence-electron chi connectivity index (χ2n) is 7.93. The molecule has 0 aromatic heterocycles. The lowest BCUT2D eigenvalue weighted by molar-refractivity contribution is -0.0324. The lowest BCUT2D eigenvalue weighted by atomic mass is 9.82. The van der Waals surface area contributed by atoms with Crippen LogP contribution in [0.25, 0.3) is 12.2 Å². The maximum Gasteiger partial charge on any atom is 0.0920 e. The number of nitrogens with zero attached hydrogens (tertiary/aromatic N) is 1. The van der Waals surface area contributed by atoms with E-state index in [1.807, 2.05) is 18.2 Å². The van der Waals surface area contributed by atoms with Gasteiger partial charge in [-0.1, -0.05) is 91.0 Å². The first-order valence-electron chi connectivity index (χ1n) is 10.1. The van der Waals surface area contributed by atoms with Crippen molar-refractivity contribution in [3.8, 4) is 0 Å². The number of aliphatic hydroxyl groups is 1. The van der Waals surface area contributed by atoms with E-state index in [1.54, 1.807) is 0 Å². The molecule has 1 N–H and O–H groups in total. The molecule has 1 saturated heterocycles. The Morgan fingerprint density at radius 3 is 1.75 bits per heavy atom. The first-order chi connectivity index (χ1) is 13.7. The lowest BCUT2D eigenvalue weighted by Gasteiger charge is -2.42. The molecular formula is C26H25NO. The van der Waals surface area contributed by atoms with Gasteiger partial charge in [-0.15, -0.1) is 0 Å². The number of hydrogen-bond donors (Lipinski definition) is 1. The SMILES string of the molecule is OC1(c2ccccc2)CCN(C2c3ccccc3C=Cc3ccccc32)CC1. The zero-order chi connectivity index (χ0) is 19.0. The van der Waals surface area contributed by atoms with Gasteiger partial charge in [0.2, 0.25) is 0 Å². The monoisotopic (exact) mass is 367 g/mol. The highest BCUT2D eigenvalue weighted by Crippen LogP contribution is 2.41. The fraction of sp³-hybridized carbons (Fsp3) is 0.231. The van der Waals surface area contributed by atoms with Crippen molar-refractivity contribution in [2.24, 2.45) is 0 Å². The predicted octanol–water partition coefficient (Wildman–Crippen LogP) is 5.24. The van der Waals surface area contributed by atoms with Gasteiger partial charge in [0.05, 0.1) is 11.6 Å². The number of benzene rings is 3. The molecule has 0 spiro atoms. The van der Waals surface area contributed by atoms with E-state index in [1.165, 1.54) is 22.3 Å². The zero-order valence-corrected chi connectivity index (χ0v) is 16.0. The van der Waals surface area contributed by atoms with Gasteiger partial charge in [-0.05, 0) is 40.7 Å². The molecule has 140 valence electrons. The molecule has 2 aliphatic rings. The Hall–Kier alpha value is -2.68. The molecule has 5 rings (SSSR count). The summed E-state index contributed by atoms with van der Waals surface area (Å²) in [4.78, 5) is 2.54. The van der Waals surface area contributed by atoms with Crippen LogP contribution in [0.15, 0.2) is 78.9 Å². The molecular weight excluding hydrogens is 342 g/mol. The largest absolute Gasteiger partial charge is 0.385 e. The van der Waals surface area contributed by atoms with Crippen LogP contribution in [0.1, 0.15) is 46.7 Å². The molecule has 0 bridgehead atoms. The first kappa shape index (κ1) is 17.4. The van der Waals surface area contributed by atoms with E-state index in [-0.39, 0.29) is 6.04 Å². The summed E-state index contributed by atoms with van der Waals surface area (Å²) in [6, 6.07) is 27.8. The molecule has 28 heavy (non-hydrogen) atoms. The van der Waals surface area contributed by atoms with Gasteiger partial charge in [0.15, 0.2) is 0 Å². The maximum atomic E-state index is 11.3. The van der Waals surface area contributed by atoms with Gasteiger partial charge in [0.1, 0.15) is 0 Å². The van der Waals surface area contributed by atoms with Crippen molar-refractivity contribution in [2.45, 2.75) is 24.5 Å². The molecule has 0 unspecified atom stereocenters. The minimum atomic E-state index is -0.722. The quantitative estimate of drug-likeness (QED) is 0.669. The van der Waals surface area contributed by atoms with E-state index >= 15 is 0 Å². The predicted molar refractivity (Wildman–Crippen MR) is 115 cm³/mol. The van der Waals surface area contributed by atoms with Crippen molar-refractivity contribution in [3.63, 3.8) is 0 Å². The van der Waals surface area contributed by atoms with E-state index in [9.17, 15) is 5.11 Å². The number of hydrogen-bond acceptors (Lipinski definition) is 2. The molecule has 1 fully saturated rings. The summed E-state index contributed by atoms with van der Waals surface area (Å²) in [5.41, 5.74) is 5.60. The van der Waals surface area contributed by atoms with Gasteiger partial charge < -0.3 is 5.11 Å². The molecule has 1 aliphatic carbocycles. The summed E-state index contributed by atoms with van der Waals surface area (Å²) < 4.78 is 0. The standard InChI is InChI=1S/C26H25NO/c28-26(22-10-2-1-3-11-22)16-18-27(19-17-26)25-23-12-6-4-8-20(23)14-15-21-9-5-7-13-24(21)25/h1-15,25,28H,16-19H2. The maximum absolute atomic E-state index is 11.3. The number of piperidine rings is 1. The van der Waals surface area contributed by atoms with E-state index in [0.29, 0.717) is 0 Å². The topological polar surface area (TPSA) is 23.5 Å². The Morgan fingerprint density at radius 2 is 1.18 bits per heavy atom. The molecule has 0 radical (unpaired) electrons.